The number of carbonyl (C=O) groups excluding carboxylic acids is 1. The van der Waals surface area contributed by atoms with Crippen LogP contribution in [0.4, 0.5) is 0 Å². The second-order valence-corrected chi connectivity index (χ2v) is 23.6. The van der Waals surface area contributed by atoms with E-state index in [1.54, 1.807) is 0 Å². The molecule has 4 N–H and O–H groups in total. The highest BCUT2D eigenvalue weighted by Crippen LogP contribution is 2.69. The first-order chi connectivity index (χ1) is 32.1. The number of hydrogen-bond acceptors (Lipinski definition) is 7. The van der Waals surface area contributed by atoms with Crippen LogP contribution in [0.2, 0.25) is 0 Å². The van der Waals surface area contributed by atoms with Crippen molar-refractivity contribution < 1.29 is 39.5 Å². The number of ketones is 1. The predicted octanol–water partition coefficient (Wildman–Crippen LogP) is 11.2. The van der Waals surface area contributed by atoms with E-state index >= 15 is 0 Å². The maximum absolute atomic E-state index is 12.5. The number of carboxylic acid groups (broad SMARTS) is 1. The minimum atomic E-state index is -0.998. The highest BCUT2D eigenvalue weighted by molar-refractivity contribution is 5.93. The van der Waals surface area contributed by atoms with Gasteiger partial charge in [0.2, 0.25) is 0 Å². The van der Waals surface area contributed by atoms with E-state index in [9.17, 15) is 30.0 Å². The Kier molecular flexibility index (Phi) is 12.5. The molecule has 0 saturated heterocycles. The minimum absolute atomic E-state index is 0.0647. The number of hydrogen-bond donors (Lipinski definition) is 4. The smallest absolute Gasteiger partial charge is 0.303 e. The van der Waals surface area contributed by atoms with Gasteiger partial charge in [-0.2, -0.15) is 0 Å². The quantitative estimate of drug-likeness (QED) is 0.164. The van der Waals surface area contributed by atoms with Crippen LogP contribution in [-0.2, 0) is 20.7 Å². The van der Waals surface area contributed by atoms with Crippen LogP contribution >= 0.6 is 0 Å². The first-order valence-corrected chi connectivity index (χ1v) is 26.3. The maximum Gasteiger partial charge on any atom is 0.303 e. The fourth-order valence-electron chi connectivity index (χ4n) is 17.2. The summed E-state index contributed by atoms with van der Waals surface area (Å²) in [6.45, 7) is 11.6. The molecule has 0 bridgehead atoms. The first-order valence-electron chi connectivity index (χ1n) is 26.3. The molecule has 8 aliphatic rings. The Bertz CT molecular complexity index is 2340. The fraction of sp³-hybridized carbons (Fsp3) is 0.661. The van der Waals surface area contributed by atoms with Gasteiger partial charge in [-0.3, -0.25) is 9.59 Å². The van der Waals surface area contributed by atoms with Gasteiger partial charge in [-0.15, -0.1) is 5.92 Å². The highest BCUT2D eigenvalue weighted by Gasteiger charge is 2.66. The molecule has 360 valence electrons. The number of carbonyl (C=O) groups is 2. The van der Waals surface area contributed by atoms with Gasteiger partial charge in [-0.05, 0) is 214 Å². The lowest BCUT2D eigenvalue weighted by atomic mass is 9.43. The van der Waals surface area contributed by atoms with Crippen LogP contribution in [0.15, 0.2) is 71.3 Å². The predicted molar refractivity (Wildman–Crippen MR) is 259 cm³/mol. The van der Waals surface area contributed by atoms with Crippen molar-refractivity contribution in [2.24, 2.45) is 63.6 Å². The first kappa shape index (κ1) is 47.0. The zero-order valence-corrected chi connectivity index (χ0v) is 40.8. The molecule has 0 aromatic heterocycles. The van der Waals surface area contributed by atoms with E-state index in [1.807, 2.05) is 25.1 Å². The Labute approximate surface area is 399 Å². The summed E-state index contributed by atoms with van der Waals surface area (Å²) in [4.78, 5) is 23.9. The van der Waals surface area contributed by atoms with E-state index in [4.69, 9.17) is 9.47 Å². The monoisotopic (exact) mass is 913 g/mol. The van der Waals surface area contributed by atoms with E-state index in [1.165, 1.54) is 27.8 Å². The molecule has 8 aliphatic carbocycles. The molecule has 8 heteroatoms. The van der Waals surface area contributed by atoms with Crippen molar-refractivity contribution in [2.75, 3.05) is 6.61 Å². The van der Waals surface area contributed by atoms with Crippen molar-refractivity contribution in [3.63, 3.8) is 0 Å². The van der Waals surface area contributed by atoms with Gasteiger partial charge in [-0.25, -0.2) is 0 Å². The Morgan fingerprint density at radius 3 is 2.34 bits per heavy atom. The minimum Gasteiger partial charge on any atom is -0.481 e. The molecule has 0 amide bonds. The van der Waals surface area contributed by atoms with Gasteiger partial charge in [0.1, 0.15) is 17.1 Å². The van der Waals surface area contributed by atoms with Crippen LogP contribution in [-0.4, -0.2) is 62.7 Å². The maximum atomic E-state index is 12.5. The molecule has 0 radical (unpaired) electrons. The lowest BCUT2D eigenvalue weighted by Gasteiger charge is -2.63. The van der Waals surface area contributed by atoms with E-state index < -0.39 is 17.7 Å². The zero-order chi connectivity index (χ0) is 47.0. The summed E-state index contributed by atoms with van der Waals surface area (Å²) in [6, 6.07) is 16.9. The van der Waals surface area contributed by atoms with Crippen LogP contribution < -0.4 is 4.74 Å². The molecule has 10 rings (SSSR count). The van der Waals surface area contributed by atoms with Crippen molar-refractivity contribution in [1.29, 1.82) is 0 Å². The number of carboxylic acids is 1. The van der Waals surface area contributed by atoms with Gasteiger partial charge in [0.25, 0.3) is 0 Å². The van der Waals surface area contributed by atoms with Crippen LogP contribution in [0.25, 0.3) is 0 Å². The Morgan fingerprint density at radius 1 is 0.866 bits per heavy atom. The van der Waals surface area contributed by atoms with Gasteiger partial charge in [0, 0.05) is 24.2 Å². The van der Waals surface area contributed by atoms with Crippen molar-refractivity contribution in [3.8, 4) is 23.3 Å². The third-order valence-electron chi connectivity index (χ3n) is 20.7. The standard InChI is InChI=1S/C59H76O8/c1-6-26-59(65)28-24-48-45-18-12-38-30-40(60)13-19-44(38)54(45)46(34-57(48,59)4)37-10-16-42(17-11-37)67-41-14-8-36(9-15-41)25-29-66-43-23-27-56(3)39(31-43)32-51(61)55-49-21-20-47(35(2)7-22-53(63)64)58(49,5)52(62)33-50(55)56/h8-11,14-17,30,35,39,43,45-52,55,61-62,65H,7,12-13,18-25,27-29,31-34H2,1-5H3,(H,63,64)/t35-,39+,43+,45+,46-,47-,48+,49?,50+,51-,52+,55?,56+,57+,58-,59+/m1/s1. The molecular formula is C59H76O8. The average molecular weight is 913 g/mol. The SMILES string of the molecule is CC#C[C@]1(O)CC[C@H]2[C@@H]3CCC4=CC(=O)CCC4=C3[C@@H](c3ccc(Oc4ccc(CCO[C@H]5CC[C@@]6(C)[C@@H](C5)C[C@@H](O)C5C7CC[C@H]([C@H](C)CCC(=O)O)[C@@]7(C)[C@@H](O)C[C@@H]56)cc4)cc3)C[C@@]21C. The average Bonchev–Trinajstić information content (AvgIpc) is 3.80. The molecule has 0 heterocycles. The second kappa shape index (κ2) is 17.9. The highest BCUT2D eigenvalue weighted by atomic mass is 16.5. The molecule has 8 nitrogen and oxygen atoms in total. The molecule has 2 aromatic carbocycles. The number of fused-ring (bicyclic) bond motifs is 9. The Hall–Kier alpha value is -3.74. The Balaban J connectivity index is 0.750. The zero-order valence-electron chi connectivity index (χ0n) is 40.8. The van der Waals surface area contributed by atoms with Gasteiger partial charge in [0.05, 0.1) is 24.9 Å². The number of allylic oxidation sites excluding steroid dienone is 4. The van der Waals surface area contributed by atoms with Crippen molar-refractivity contribution in [2.45, 2.75) is 174 Å². The summed E-state index contributed by atoms with van der Waals surface area (Å²) in [5, 5.41) is 45.3. The largest absolute Gasteiger partial charge is 0.481 e. The number of rotatable bonds is 11. The summed E-state index contributed by atoms with van der Waals surface area (Å²) in [5.74, 6) is 9.91. The van der Waals surface area contributed by atoms with Gasteiger partial charge >= 0.3 is 5.97 Å². The van der Waals surface area contributed by atoms with Crippen molar-refractivity contribution in [1.82, 2.24) is 0 Å². The van der Waals surface area contributed by atoms with Crippen molar-refractivity contribution in [3.05, 3.63) is 82.5 Å². The molecule has 2 unspecified atom stereocenters. The number of aliphatic hydroxyl groups excluding tert-OH is 2. The van der Waals surface area contributed by atoms with E-state index in [2.05, 4.69) is 75.9 Å². The lowest BCUT2D eigenvalue weighted by molar-refractivity contribution is -0.209. The fourth-order valence-corrected chi connectivity index (χ4v) is 17.2. The molecule has 16 atom stereocenters. The Morgan fingerprint density at radius 2 is 1.61 bits per heavy atom. The number of benzene rings is 2. The van der Waals surface area contributed by atoms with Gasteiger partial charge in [0.15, 0.2) is 5.78 Å². The van der Waals surface area contributed by atoms with Crippen LogP contribution in [0.3, 0.4) is 0 Å². The summed E-state index contributed by atoms with van der Waals surface area (Å²) < 4.78 is 13.0. The molecule has 67 heavy (non-hydrogen) atoms. The number of ether oxygens (including phenoxy) is 2. The van der Waals surface area contributed by atoms with Crippen LogP contribution in [0.1, 0.15) is 154 Å². The third-order valence-corrected chi connectivity index (χ3v) is 20.7. The van der Waals surface area contributed by atoms with E-state index in [0.717, 1.165) is 95.0 Å². The molecule has 0 spiro atoms. The van der Waals surface area contributed by atoms with E-state index in [0.29, 0.717) is 43.6 Å². The van der Waals surface area contributed by atoms with Gasteiger partial charge < -0.3 is 29.9 Å². The topological polar surface area (TPSA) is 134 Å². The van der Waals surface area contributed by atoms with Crippen LogP contribution in [0, 0.1) is 75.4 Å². The van der Waals surface area contributed by atoms with Crippen molar-refractivity contribution >= 4 is 11.8 Å². The molecule has 6 fully saturated rings. The van der Waals surface area contributed by atoms with Gasteiger partial charge in [-0.1, -0.05) is 63.5 Å². The normalized spacial score (nSPS) is 41.3. The molecule has 6 saturated carbocycles. The molecular weight excluding hydrogens is 837 g/mol. The van der Waals surface area contributed by atoms with E-state index in [-0.39, 0.29) is 76.2 Å². The summed E-state index contributed by atoms with van der Waals surface area (Å²) >= 11 is 0. The third kappa shape index (κ3) is 7.99. The number of aliphatic hydroxyl groups is 3. The summed E-state index contributed by atoms with van der Waals surface area (Å²) in [6.07, 6.45) is 15.3. The second-order valence-electron chi connectivity index (χ2n) is 23.6. The van der Waals surface area contributed by atoms with Crippen LogP contribution in [0.5, 0.6) is 11.5 Å². The summed E-state index contributed by atoms with van der Waals surface area (Å²) in [5.41, 5.74) is 5.06. The molecule has 2 aromatic rings. The lowest BCUT2D eigenvalue weighted by Crippen LogP contribution is -2.62. The summed E-state index contributed by atoms with van der Waals surface area (Å²) in [7, 11) is 0. The number of aliphatic carboxylic acids is 1. The molecule has 0 aliphatic heterocycles.